The Morgan fingerprint density at radius 2 is 1.86 bits per heavy atom. The third-order valence-corrected chi connectivity index (χ3v) is 4.32. The number of sulfonamides is 1. The van der Waals surface area contributed by atoms with Gasteiger partial charge in [0.25, 0.3) is 10.0 Å². The van der Waals surface area contributed by atoms with Crippen molar-refractivity contribution in [2.45, 2.75) is 4.90 Å². The summed E-state index contributed by atoms with van der Waals surface area (Å²) in [6, 6.07) is 12.9. The standard InChI is InChI=1S/C15H13ClN2O2S/c16-15-9-8-13(11-12(15)5-4-10-17)18-21(19,20)14-6-2-1-3-7-14/h1-3,6-9,11,18H,10,17H2. The zero-order chi connectivity index (χ0) is 15.3. The van der Waals surface area contributed by atoms with Crippen molar-refractivity contribution in [1.82, 2.24) is 0 Å². The number of nitrogens with two attached hydrogens (primary N) is 1. The van der Waals surface area contributed by atoms with Crippen LogP contribution in [0.5, 0.6) is 0 Å². The van der Waals surface area contributed by atoms with Crippen molar-refractivity contribution in [2.24, 2.45) is 5.73 Å². The maximum Gasteiger partial charge on any atom is 0.261 e. The summed E-state index contributed by atoms with van der Waals surface area (Å²) in [5, 5.41) is 0.443. The SMILES string of the molecule is NCC#Cc1cc(NS(=O)(=O)c2ccccc2)ccc1Cl. The van der Waals surface area contributed by atoms with E-state index in [2.05, 4.69) is 16.6 Å². The van der Waals surface area contributed by atoms with E-state index in [9.17, 15) is 8.42 Å². The number of anilines is 1. The first kappa shape index (κ1) is 15.4. The summed E-state index contributed by atoms with van der Waals surface area (Å²) in [7, 11) is -3.63. The van der Waals surface area contributed by atoms with Gasteiger partial charge < -0.3 is 5.73 Å². The molecule has 0 atom stereocenters. The summed E-state index contributed by atoms with van der Waals surface area (Å²) >= 11 is 6.00. The van der Waals surface area contributed by atoms with Crippen molar-refractivity contribution < 1.29 is 8.42 Å². The predicted octanol–water partition coefficient (Wildman–Crippen LogP) is 2.45. The highest BCUT2D eigenvalue weighted by atomic mass is 35.5. The molecule has 4 nitrogen and oxygen atoms in total. The smallest absolute Gasteiger partial charge is 0.261 e. The second kappa shape index (κ2) is 6.64. The molecule has 0 fully saturated rings. The lowest BCUT2D eigenvalue weighted by Crippen LogP contribution is -2.12. The Morgan fingerprint density at radius 3 is 2.52 bits per heavy atom. The monoisotopic (exact) mass is 320 g/mol. The fourth-order valence-corrected chi connectivity index (χ4v) is 2.88. The first-order valence-corrected chi connectivity index (χ1v) is 7.95. The molecule has 0 amide bonds. The van der Waals surface area contributed by atoms with Crippen LogP contribution in [0.2, 0.25) is 5.02 Å². The molecule has 21 heavy (non-hydrogen) atoms. The van der Waals surface area contributed by atoms with Gasteiger partial charge in [0.1, 0.15) is 0 Å². The first-order valence-electron chi connectivity index (χ1n) is 6.09. The van der Waals surface area contributed by atoms with Crippen molar-refractivity contribution in [2.75, 3.05) is 11.3 Å². The van der Waals surface area contributed by atoms with E-state index in [1.807, 2.05) is 0 Å². The van der Waals surface area contributed by atoms with Crippen LogP contribution in [0, 0.1) is 11.8 Å². The molecule has 0 spiro atoms. The van der Waals surface area contributed by atoms with Gasteiger partial charge >= 0.3 is 0 Å². The fourth-order valence-electron chi connectivity index (χ4n) is 1.64. The van der Waals surface area contributed by atoms with E-state index in [1.165, 1.54) is 12.1 Å². The van der Waals surface area contributed by atoms with E-state index in [0.29, 0.717) is 16.3 Å². The Bertz CT molecular complexity index is 793. The average molecular weight is 321 g/mol. The number of halogens is 1. The largest absolute Gasteiger partial charge is 0.320 e. The van der Waals surface area contributed by atoms with Crippen molar-refractivity contribution in [3.8, 4) is 11.8 Å². The summed E-state index contributed by atoms with van der Waals surface area (Å²) in [6.45, 7) is 0.205. The zero-order valence-electron chi connectivity index (χ0n) is 11.0. The molecule has 0 aliphatic rings. The quantitative estimate of drug-likeness (QED) is 0.853. The minimum Gasteiger partial charge on any atom is -0.320 e. The highest BCUT2D eigenvalue weighted by Gasteiger charge is 2.13. The Hall–Kier alpha value is -2.00. The summed E-state index contributed by atoms with van der Waals surface area (Å²) in [5.74, 6) is 5.48. The molecule has 2 rings (SSSR count). The third kappa shape index (κ3) is 3.99. The van der Waals surface area contributed by atoms with E-state index in [-0.39, 0.29) is 11.4 Å². The molecule has 6 heteroatoms. The second-order valence-electron chi connectivity index (χ2n) is 4.12. The lowest BCUT2D eigenvalue weighted by molar-refractivity contribution is 0.601. The molecule has 2 aromatic carbocycles. The van der Waals surface area contributed by atoms with Crippen LogP contribution < -0.4 is 10.5 Å². The maximum atomic E-state index is 12.2. The van der Waals surface area contributed by atoms with Crippen LogP contribution in [0.25, 0.3) is 0 Å². The first-order chi connectivity index (χ1) is 10.0. The fraction of sp³-hybridized carbons (Fsp3) is 0.0667. The molecule has 0 aliphatic carbocycles. The summed E-state index contributed by atoms with van der Waals surface area (Å²) in [6.07, 6.45) is 0. The summed E-state index contributed by atoms with van der Waals surface area (Å²) in [5.41, 5.74) is 6.23. The van der Waals surface area contributed by atoms with E-state index >= 15 is 0 Å². The van der Waals surface area contributed by atoms with E-state index < -0.39 is 10.0 Å². The average Bonchev–Trinajstić information content (AvgIpc) is 2.48. The van der Waals surface area contributed by atoms with Crippen LogP contribution in [0.15, 0.2) is 53.4 Å². The van der Waals surface area contributed by atoms with Crippen LogP contribution in [0.1, 0.15) is 5.56 Å². The van der Waals surface area contributed by atoms with Crippen LogP contribution in [0.3, 0.4) is 0 Å². The van der Waals surface area contributed by atoms with E-state index in [0.717, 1.165) is 0 Å². The van der Waals surface area contributed by atoms with Crippen molar-refractivity contribution >= 4 is 27.3 Å². The summed E-state index contributed by atoms with van der Waals surface area (Å²) in [4.78, 5) is 0.189. The molecule has 0 saturated carbocycles. The van der Waals surface area contributed by atoms with Crippen molar-refractivity contribution in [3.05, 3.63) is 59.1 Å². The Morgan fingerprint density at radius 1 is 1.14 bits per heavy atom. The van der Waals surface area contributed by atoms with Crippen LogP contribution >= 0.6 is 11.6 Å². The molecule has 0 bridgehead atoms. The van der Waals surface area contributed by atoms with E-state index in [4.69, 9.17) is 17.3 Å². The molecule has 0 saturated heterocycles. The Balaban J connectivity index is 2.32. The van der Waals surface area contributed by atoms with Gasteiger partial charge in [0.2, 0.25) is 0 Å². The van der Waals surface area contributed by atoms with Crippen LogP contribution in [0.4, 0.5) is 5.69 Å². The van der Waals surface area contributed by atoms with Gasteiger partial charge in [-0.25, -0.2) is 8.42 Å². The second-order valence-corrected chi connectivity index (χ2v) is 6.21. The zero-order valence-corrected chi connectivity index (χ0v) is 12.6. The highest BCUT2D eigenvalue weighted by Crippen LogP contribution is 2.22. The number of benzene rings is 2. The number of hydrogen-bond acceptors (Lipinski definition) is 3. The minimum absolute atomic E-state index is 0.189. The van der Waals surface area contributed by atoms with Gasteiger partial charge in [0.05, 0.1) is 22.2 Å². The molecular formula is C15H13ClN2O2S. The van der Waals surface area contributed by atoms with Gasteiger partial charge in [-0.15, -0.1) is 0 Å². The van der Waals surface area contributed by atoms with Gasteiger partial charge in [-0.05, 0) is 30.3 Å². The number of nitrogens with one attached hydrogen (secondary N) is 1. The van der Waals surface area contributed by atoms with Gasteiger partial charge in [-0.2, -0.15) is 0 Å². The lowest BCUT2D eigenvalue weighted by atomic mass is 10.2. The maximum absolute atomic E-state index is 12.2. The molecule has 2 aromatic rings. The Labute approximate surface area is 129 Å². The van der Waals surface area contributed by atoms with Gasteiger partial charge in [-0.1, -0.05) is 41.6 Å². The molecule has 0 unspecified atom stereocenters. The summed E-state index contributed by atoms with van der Waals surface area (Å²) < 4.78 is 26.9. The minimum atomic E-state index is -3.63. The normalized spacial score (nSPS) is 10.6. The lowest BCUT2D eigenvalue weighted by Gasteiger charge is -2.09. The molecule has 0 aliphatic heterocycles. The van der Waals surface area contributed by atoms with Crippen molar-refractivity contribution in [1.29, 1.82) is 0 Å². The molecular weight excluding hydrogens is 308 g/mol. The van der Waals surface area contributed by atoms with Gasteiger partial charge in [0, 0.05) is 5.56 Å². The third-order valence-electron chi connectivity index (χ3n) is 2.60. The van der Waals surface area contributed by atoms with Crippen LogP contribution in [-0.2, 0) is 10.0 Å². The molecule has 0 heterocycles. The topological polar surface area (TPSA) is 72.2 Å². The Kier molecular flexibility index (Phi) is 4.86. The van der Waals surface area contributed by atoms with Crippen molar-refractivity contribution in [3.63, 3.8) is 0 Å². The predicted molar refractivity (Wildman–Crippen MR) is 84.6 cm³/mol. The molecule has 0 radical (unpaired) electrons. The molecule has 0 aromatic heterocycles. The molecule has 108 valence electrons. The number of rotatable bonds is 3. The number of hydrogen-bond donors (Lipinski definition) is 2. The van der Waals surface area contributed by atoms with Crippen LogP contribution in [-0.4, -0.2) is 15.0 Å². The van der Waals surface area contributed by atoms with Gasteiger partial charge in [-0.3, -0.25) is 4.72 Å². The highest BCUT2D eigenvalue weighted by molar-refractivity contribution is 7.92. The van der Waals surface area contributed by atoms with Gasteiger partial charge in [0.15, 0.2) is 0 Å². The molecule has 3 N–H and O–H groups in total. The van der Waals surface area contributed by atoms with E-state index in [1.54, 1.807) is 36.4 Å².